The standard InChI is InChI=1S/C11H10N4O3/c1-7-6-8(15(17)18)2-3-9(7)11(16)13-10-4-5-12-14-10/h2-6H,1H3,(H2,12,13,14,16). The van der Waals surface area contributed by atoms with Gasteiger partial charge in [-0.25, -0.2) is 0 Å². The second-order valence-corrected chi connectivity index (χ2v) is 3.68. The Morgan fingerprint density at radius 3 is 2.78 bits per heavy atom. The van der Waals surface area contributed by atoms with Crippen LogP contribution in [-0.4, -0.2) is 21.0 Å². The monoisotopic (exact) mass is 246 g/mol. The Labute approximate surface area is 102 Å². The zero-order valence-electron chi connectivity index (χ0n) is 9.51. The van der Waals surface area contributed by atoms with E-state index in [1.54, 1.807) is 13.0 Å². The molecule has 7 nitrogen and oxygen atoms in total. The number of amides is 1. The minimum absolute atomic E-state index is 0.0365. The second-order valence-electron chi connectivity index (χ2n) is 3.68. The largest absolute Gasteiger partial charge is 0.307 e. The van der Waals surface area contributed by atoms with Gasteiger partial charge in [0.2, 0.25) is 0 Å². The molecule has 1 amide bonds. The number of carbonyl (C=O) groups excluding carboxylic acids is 1. The zero-order chi connectivity index (χ0) is 13.1. The maximum atomic E-state index is 11.9. The maximum absolute atomic E-state index is 11.9. The Balaban J connectivity index is 2.23. The fourth-order valence-electron chi connectivity index (χ4n) is 1.53. The smallest absolute Gasteiger partial charge is 0.269 e. The van der Waals surface area contributed by atoms with Gasteiger partial charge < -0.3 is 5.32 Å². The third-order valence-corrected chi connectivity index (χ3v) is 2.41. The molecule has 7 heteroatoms. The van der Waals surface area contributed by atoms with Crippen molar-refractivity contribution in [3.05, 3.63) is 51.7 Å². The molecule has 2 rings (SSSR count). The summed E-state index contributed by atoms with van der Waals surface area (Å²) in [6, 6.07) is 5.70. The van der Waals surface area contributed by atoms with Crippen molar-refractivity contribution < 1.29 is 9.72 Å². The van der Waals surface area contributed by atoms with E-state index in [9.17, 15) is 14.9 Å². The third kappa shape index (κ3) is 2.34. The first-order chi connectivity index (χ1) is 8.58. The summed E-state index contributed by atoms with van der Waals surface area (Å²) in [4.78, 5) is 22.0. The molecule has 0 aliphatic rings. The minimum atomic E-state index is -0.496. The van der Waals surface area contributed by atoms with Crippen LogP contribution in [0, 0.1) is 17.0 Å². The zero-order valence-corrected chi connectivity index (χ0v) is 9.51. The van der Waals surface area contributed by atoms with Crippen LogP contribution in [-0.2, 0) is 0 Å². The van der Waals surface area contributed by atoms with Crippen LogP contribution in [0.3, 0.4) is 0 Å². The Kier molecular flexibility index (Phi) is 3.05. The summed E-state index contributed by atoms with van der Waals surface area (Å²) in [5.74, 6) is 0.129. The Hall–Kier alpha value is -2.70. The Bertz CT molecular complexity index is 592. The number of hydrogen-bond acceptors (Lipinski definition) is 4. The molecule has 0 bridgehead atoms. The number of aryl methyl sites for hydroxylation is 1. The number of rotatable bonds is 3. The van der Waals surface area contributed by atoms with E-state index in [1.165, 1.54) is 24.4 Å². The molecule has 1 aromatic heterocycles. The first-order valence-electron chi connectivity index (χ1n) is 5.13. The summed E-state index contributed by atoms with van der Waals surface area (Å²) >= 11 is 0. The van der Waals surface area contributed by atoms with Gasteiger partial charge in [0.25, 0.3) is 11.6 Å². The second kappa shape index (κ2) is 4.66. The Morgan fingerprint density at radius 2 is 2.22 bits per heavy atom. The number of nitro benzene ring substituents is 1. The summed E-state index contributed by atoms with van der Waals surface area (Å²) in [5.41, 5.74) is 0.891. The molecule has 2 aromatic rings. The summed E-state index contributed by atoms with van der Waals surface area (Å²) in [5, 5.41) is 19.5. The number of nitro groups is 1. The highest BCUT2D eigenvalue weighted by molar-refractivity contribution is 6.04. The molecule has 0 aliphatic heterocycles. The van der Waals surface area contributed by atoms with Crippen LogP contribution in [0.4, 0.5) is 11.5 Å². The highest BCUT2D eigenvalue weighted by Gasteiger charge is 2.13. The first-order valence-corrected chi connectivity index (χ1v) is 5.13. The van der Waals surface area contributed by atoms with Gasteiger partial charge in [0, 0.05) is 23.8 Å². The average Bonchev–Trinajstić information content (AvgIpc) is 2.81. The van der Waals surface area contributed by atoms with Crippen molar-refractivity contribution in [3.63, 3.8) is 0 Å². The van der Waals surface area contributed by atoms with Crippen molar-refractivity contribution in [2.75, 3.05) is 5.32 Å². The van der Waals surface area contributed by atoms with Gasteiger partial charge >= 0.3 is 0 Å². The van der Waals surface area contributed by atoms with E-state index >= 15 is 0 Å². The number of nitrogens with zero attached hydrogens (tertiary/aromatic N) is 2. The molecule has 0 fully saturated rings. The highest BCUT2D eigenvalue weighted by Crippen LogP contribution is 2.18. The number of benzene rings is 1. The van der Waals surface area contributed by atoms with Crippen LogP contribution in [0.25, 0.3) is 0 Å². The number of nitrogens with one attached hydrogen (secondary N) is 2. The van der Waals surface area contributed by atoms with Crippen LogP contribution in [0.5, 0.6) is 0 Å². The summed E-state index contributed by atoms with van der Waals surface area (Å²) in [6.07, 6.45) is 1.51. The van der Waals surface area contributed by atoms with E-state index in [4.69, 9.17) is 0 Å². The molecule has 1 heterocycles. The van der Waals surface area contributed by atoms with Gasteiger partial charge in [0.1, 0.15) is 5.82 Å². The lowest BCUT2D eigenvalue weighted by Gasteiger charge is -2.05. The Morgan fingerprint density at radius 1 is 1.44 bits per heavy atom. The van der Waals surface area contributed by atoms with E-state index in [-0.39, 0.29) is 11.6 Å². The molecule has 18 heavy (non-hydrogen) atoms. The summed E-state index contributed by atoms with van der Waals surface area (Å²) in [6.45, 7) is 1.65. The van der Waals surface area contributed by atoms with Crippen LogP contribution >= 0.6 is 0 Å². The predicted molar refractivity (Wildman–Crippen MR) is 64.4 cm³/mol. The number of H-pyrrole nitrogens is 1. The number of anilines is 1. The molecule has 2 N–H and O–H groups in total. The molecule has 0 saturated carbocycles. The molecule has 92 valence electrons. The lowest BCUT2D eigenvalue weighted by Crippen LogP contribution is -2.13. The van der Waals surface area contributed by atoms with Crippen molar-refractivity contribution >= 4 is 17.4 Å². The van der Waals surface area contributed by atoms with Gasteiger partial charge in [-0.2, -0.15) is 5.10 Å². The summed E-state index contributed by atoms with van der Waals surface area (Å²) < 4.78 is 0. The van der Waals surface area contributed by atoms with Gasteiger partial charge in [-0.1, -0.05) is 0 Å². The molecule has 0 saturated heterocycles. The van der Waals surface area contributed by atoms with E-state index in [1.807, 2.05) is 0 Å². The van der Waals surface area contributed by atoms with E-state index < -0.39 is 4.92 Å². The number of hydrogen-bond donors (Lipinski definition) is 2. The fourth-order valence-corrected chi connectivity index (χ4v) is 1.53. The predicted octanol–water partition coefficient (Wildman–Crippen LogP) is 1.88. The van der Waals surface area contributed by atoms with Crippen molar-refractivity contribution in [2.45, 2.75) is 6.92 Å². The van der Waals surface area contributed by atoms with Crippen molar-refractivity contribution in [2.24, 2.45) is 0 Å². The van der Waals surface area contributed by atoms with Gasteiger partial charge in [-0.3, -0.25) is 20.0 Å². The quantitative estimate of drug-likeness (QED) is 0.637. The lowest BCUT2D eigenvalue weighted by molar-refractivity contribution is -0.384. The molecular weight excluding hydrogens is 236 g/mol. The SMILES string of the molecule is Cc1cc([N+](=O)[O-])ccc1C(=O)Nc1ccn[nH]1. The minimum Gasteiger partial charge on any atom is -0.307 e. The van der Waals surface area contributed by atoms with Crippen LogP contribution < -0.4 is 5.32 Å². The van der Waals surface area contributed by atoms with E-state index in [0.29, 0.717) is 16.9 Å². The fraction of sp³-hybridized carbons (Fsp3) is 0.0909. The molecular formula is C11H10N4O3. The average molecular weight is 246 g/mol. The molecule has 0 atom stereocenters. The maximum Gasteiger partial charge on any atom is 0.269 e. The van der Waals surface area contributed by atoms with Gasteiger partial charge in [0.05, 0.1) is 11.1 Å². The number of non-ortho nitro benzene ring substituents is 1. The molecule has 0 aliphatic carbocycles. The van der Waals surface area contributed by atoms with Crippen molar-refractivity contribution in [1.29, 1.82) is 0 Å². The van der Waals surface area contributed by atoms with Gasteiger partial charge in [-0.05, 0) is 18.6 Å². The van der Waals surface area contributed by atoms with Crippen molar-refractivity contribution in [1.82, 2.24) is 10.2 Å². The molecule has 0 radical (unpaired) electrons. The lowest BCUT2D eigenvalue weighted by atomic mass is 10.1. The first kappa shape index (κ1) is 11.8. The normalized spacial score (nSPS) is 10.1. The van der Waals surface area contributed by atoms with E-state index in [2.05, 4.69) is 15.5 Å². The van der Waals surface area contributed by atoms with E-state index in [0.717, 1.165) is 0 Å². The number of carbonyl (C=O) groups is 1. The molecule has 0 spiro atoms. The topological polar surface area (TPSA) is 101 Å². The van der Waals surface area contributed by atoms with Gasteiger partial charge in [0.15, 0.2) is 0 Å². The summed E-state index contributed by atoms with van der Waals surface area (Å²) in [7, 11) is 0. The molecule has 0 unspecified atom stereocenters. The van der Waals surface area contributed by atoms with Crippen LogP contribution in [0.15, 0.2) is 30.5 Å². The molecule has 1 aromatic carbocycles. The van der Waals surface area contributed by atoms with Crippen LogP contribution in [0.1, 0.15) is 15.9 Å². The van der Waals surface area contributed by atoms with Crippen LogP contribution in [0.2, 0.25) is 0 Å². The van der Waals surface area contributed by atoms with Crippen molar-refractivity contribution in [3.8, 4) is 0 Å². The van der Waals surface area contributed by atoms with Gasteiger partial charge in [-0.15, -0.1) is 0 Å². The third-order valence-electron chi connectivity index (χ3n) is 2.41. The highest BCUT2D eigenvalue weighted by atomic mass is 16.6. The number of aromatic amines is 1. The number of aromatic nitrogens is 2.